The van der Waals surface area contributed by atoms with Gasteiger partial charge in [0.15, 0.2) is 5.67 Å². The number of carbonyl (C=O) groups is 1. The Labute approximate surface area is 194 Å². The molecule has 4 rings (SSSR count). The first-order valence-corrected chi connectivity index (χ1v) is 11.5. The minimum Gasteiger partial charge on any atom is -0.508 e. The van der Waals surface area contributed by atoms with E-state index in [-0.39, 0.29) is 18.3 Å². The molecule has 1 N–H and O–H groups in total. The molecule has 2 heterocycles. The third-order valence-electron chi connectivity index (χ3n) is 6.86. The summed E-state index contributed by atoms with van der Waals surface area (Å²) in [4.78, 5) is 16.9. The summed E-state index contributed by atoms with van der Waals surface area (Å²) < 4.78 is 33.2. The van der Waals surface area contributed by atoms with Crippen LogP contribution in [0.3, 0.4) is 0 Å². The Morgan fingerprint density at radius 1 is 1.21 bits per heavy atom. The smallest absolute Gasteiger partial charge is 0.260 e. The topological polar surface area (TPSA) is 53.0 Å². The van der Waals surface area contributed by atoms with Crippen LogP contribution in [0.25, 0.3) is 0 Å². The zero-order chi connectivity index (χ0) is 23.8. The SMILES string of the molecule is CC(C)(F)C(=O)N1CCc2cc(O)ccc2[C@@]1(C)c1ccc(OCCN2CC(CF)C2)cc1. The van der Waals surface area contributed by atoms with Crippen molar-refractivity contribution < 1.29 is 23.4 Å². The van der Waals surface area contributed by atoms with Crippen molar-refractivity contribution in [3.05, 3.63) is 59.2 Å². The monoisotopic (exact) mass is 458 g/mol. The van der Waals surface area contributed by atoms with E-state index in [4.69, 9.17) is 4.74 Å². The normalized spacial score (nSPS) is 21.4. The summed E-state index contributed by atoms with van der Waals surface area (Å²) in [6.45, 7) is 7.40. The molecular weight excluding hydrogens is 426 g/mol. The highest BCUT2D eigenvalue weighted by Gasteiger charge is 2.46. The molecule has 5 nitrogen and oxygen atoms in total. The Kier molecular flexibility index (Phi) is 6.36. The van der Waals surface area contributed by atoms with E-state index < -0.39 is 17.1 Å². The number of ether oxygens (including phenoxy) is 1. The van der Waals surface area contributed by atoms with Crippen molar-refractivity contribution in [3.8, 4) is 11.5 Å². The van der Waals surface area contributed by atoms with Crippen LogP contribution in [0.4, 0.5) is 8.78 Å². The van der Waals surface area contributed by atoms with Crippen molar-refractivity contribution in [2.24, 2.45) is 5.92 Å². The number of hydrogen-bond donors (Lipinski definition) is 1. The lowest BCUT2D eigenvalue weighted by Gasteiger charge is -2.48. The molecular formula is C26H32F2N2O3. The van der Waals surface area contributed by atoms with Gasteiger partial charge in [0.2, 0.25) is 0 Å². The first kappa shape index (κ1) is 23.5. The van der Waals surface area contributed by atoms with Crippen molar-refractivity contribution in [2.45, 2.75) is 38.4 Å². The lowest BCUT2D eigenvalue weighted by Crippen LogP contribution is -2.56. The van der Waals surface area contributed by atoms with Crippen LogP contribution in [-0.4, -0.2) is 65.9 Å². The Bertz CT molecular complexity index is 1000. The van der Waals surface area contributed by atoms with Gasteiger partial charge in [0.05, 0.1) is 12.2 Å². The summed E-state index contributed by atoms with van der Waals surface area (Å²) in [7, 11) is 0. The number of alkyl halides is 2. The van der Waals surface area contributed by atoms with Crippen LogP contribution >= 0.6 is 0 Å². The predicted octanol–water partition coefficient (Wildman–Crippen LogP) is 4.07. The number of phenols is 1. The highest BCUT2D eigenvalue weighted by atomic mass is 19.1. The number of aromatic hydroxyl groups is 1. The van der Waals surface area contributed by atoms with Crippen molar-refractivity contribution in [2.75, 3.05) is 39.5 Å². The maximum absolute atomic E-state index is 14.7. The molecule has 0 spiro atoms. The Hall–Kier alpha value is -2.67. The van der Waals surface area contributed by atoms with Crippen molar-refractivity contribution in [1.82, 2.24) is 9.80 Å². The molecule has 0 radical (unpaired) electrons. The molecule has 1 saturated heterocycles. The van der Waals surface area contributed by atoms with E-state index in [9.17, 15) is 18.7 Å². The minimum absolute atomic E-state index is 0.158. The van der Waals surface area contributed by atoms with E-state index in [1.807, 2.05) is 37.3 Å². The van der Waals surface area contributed by atoms with E-state index in [2.05, 4.69) is 4.90 Å². The molecule has 1 atom stereocenters. The average Bonchev–Trinajstić information content (AvgIpc) is 2.74. The molecule has 7 heteroatoms. The van der Waals surface area contributed by atoms with Crippen LogP contribution in [-0.2, 0) is 16.8 Å². The van der Waals surface area contributed by atoms with E-state index in [0.29, 0.717) is 25.3 Å². The van der Waals surface area contributed by atoms with Crippen molar-refractivity contribution in [1.29, 1.82) is 0 Å². The first-order chi connectivity index (χ1) is 15.6. The van der Waals surface area contributed by atoms with Crippen molar-refractivity contribution >= 4 is 5.91 Å². The number of halogens is 2. The lowest BCUT2D eigenvalue weighted by molar-refractivity contribution is -0.147. The van der Waals surface area contributed by atoms with Crippen LogP contribution in [0, 0.1) is 5.92 Å². The number of nitrogens with zero attached hydrogens (tertiary/aromatic N) is 2. The van der Waals surface area contributed by atoms with Gasteiger partial charge in [-0.05, 0) is 68.1 Å². The number of phenolic OH excluding ortho intramolecular Hbond substituents is 1. The van der Waals surface area contributed by atoms with Gasteiger partial charge in [-0.25, -0.2) is 4.39 Å². The quantitative estimate of drug-likeness (QED) is 0.680. The molecule has 2 aromatic rings. The van der Waals surface area contributed by atoms with E-state index in [1.54, 1.807) is 17.0 Å². The zero-order valence-electron chi connectivity index (χ0n) is 19.5. The Morgan fingerprint density at radius 2 is 1.91 bits per heavy atom. The molecule has 33 heavy (non-hydrogen) atoms. The maximum Gasteiger partial charge on any atom is 0.260 e. The molecule has 0 saturated carbocycles. The summed E-state index contributed by atoms with van der Waals surface area (Å²) >= 11 is 0. The highest BCUT2D eigenvalue weighted by molar-refractivity contribution is 5.86. The van der Waals surface area contributed by atoms with Crippen LogP contribution in [0.15, 0.2) is 42.5 Å². The maximum atomic E-state index is 14.7. The molecule has 0 bridgehead atoms. The second kappa shape index (κ2) is 8.93. The largest absolute Gasteiger partial charge is 0.508 e. The van der Waals surface area contributed by atoms with E-state index in [1.165, 1.54) is 13.8 Å². The molecule has 0 aliphatic carbocycles. The number of fused-ring (bicyclic) bond motifs is 1. The summed E-state index contributed by atoms with van der Waals surface area (Å²) in [5, 5.41) is 9.96. The van der Waals surface area contributed by atoms with Gasteiger partial charge in [-0.1, -0.05) is 18.2 Å². The molecule has 2 aliphatic heterocycles. The lowest BCUT2D eigenvalue weighted by atomic mass is 9.76. The fourth-order valence-corrected chi connectivity index (χ4v) is 4.93. The molecule has 0 unspecified atom stereocenters. The predicted molar refractivity (Wildman–Crippen MR) is 123 cm³/mol. The van der Waals surface area contributed by atoms with E-state index >= 15 is 0 Å². The average molecular weight is 459 g/mol. The van der Waals surface area contributed by atoms with E-state index in [0.717, 1.165) is 36.3 Å². The summed E-state index contributed by atoms with van der Waals surface area (Å²) in [5.74, 6) is 0.469. The minimum atomic E-state index is -2.00. The van der Waals surface area contributed by atoms with Gasteiger partial charge in [0, 0.05) is 32.1 Å². The molecule has 1 amide bonds. The summed E-state index contributed by atoms with van der Waals surface area (Å²) in [5.41, 5.74) is -0.235. The second-order valence-corrected chi connectivity index (χ2v) is 9.75. The number of likely N-dealkylation sites (tertiary alicyclic amines) is 1. The third-order valence-corrected chi connectivity index (χ3v) is 6.86. The van der Waals surface area contributed by atoms with Gasteiger partial charge in [0.25, 0.3) is 5.91 Å². The number of carbonyl (C=O) groups excluding carboxylic acids is 1. The van der Waals surface area contributed by atoms with Gasteiger partial charge >= 0.3 is 0 Å². The van der Waals surface area contributed by atoms with Gasteiger partial charge in [-0.15, -0.1) is 0 Å². The van der Waals surface area contributed by atoms with Crippen LogP contribution in [0.2, 0.25) is 0 Å². The first-order valence-electron chi connectivity index (χ1n) is 11.5. The van der Waals surface area contributed by atoms with Gasteiger partial charge in [0.1, 0.15) is 18.1 Å². The summed E-state index contributed by atoms with van der Waals surface area (Å²) in [6, 6.07) is 12.7. The Balaban J connectivity index is 1.56. The third kappa shape index (κ3) is 4.56. The molecule has 1 fully saturated rings. The Morgan fingerprint density at radius 3 is 2.55 bits per heavy atom. The van der Waals surface area contributed by atoms with Gasteiger partial charge in [-0.3, -0.25) is 14.1 Å². The van der Waals surface area contributed by atoms with Crippen LogP contribution in [0.5, 0.6) is 11.5 Å². The second-order valence-electron chi connectivity index (χ2n) is 9.75. The van der Waals surface area contributed by atoms with Crippen molar-refractivity contribution in [3.63, 3.8) is 0 Å². The molecule has 2 aromatic carbocycles. The zero-order valence-corrected chi connectivity index (χ0v) is 19.5. The van der Waals surface area contributed by atoms with Crippen LogP contribution in [0.1, 0.15) is 37.5 Å². The fourth-order valence-electron chi connectivity index (χ4n) is 4.93. The molecule has 178 valence electrons. The number of amides is 1. The molecule has 0 aromatic heterocycles. The molecule has 2 aliphatic rings. The van der Waals surface area contributed by atoms with Gasteiger partial charge < -0.3 is 14.7 Å². The summed E-state index contributed by atoms with van der Waals surface area (Å²) in [6.07, 6.45) is 0.544. The number of rotatable bonds is 7. The number of benzene rings is 2. The highest BCUT2D eigenvalue weighted by Crippen LogP contribution is 2.43. The number of hydrogen-bond acceptors (Lipinski definition) is 4. The van der Waals surface area contributed by atoms with Crippen LogP contribution < -0.4 is 4.74 Å². The standard InChI is InChI=1S/C26H32F2N2O3/c1-25(2,28)24(32)30-11-10-19-14-21(31)6-9-23(19)26(30,3)20-4-7-22(8-5-20)33-13-12-29-16-18(15-27)17-29/h4-9,14,18,31H,10-13,15-17H2,1-3H3/t26-/m1/s1. The fraction of sp³-hybridized carbons (Fsp3) is 0.500. The van der Waals surface area contributed by atoms with Gasteiger partial charge in [-0.2, -0.15) is 0 Å².